The van der Waals surface area contributed by atoms with E-state index in [4.69, 9.17) is 5.73 Å². The molecule has 0 saturated heterocycles. The maximum absolute atomic E-state index is 13.0. The van der Waals surface area contributed by atoms with Crippen LogP contribution in [0.4, 0.5) is 11.6 Å². The highest BCUT2D eigenvalue weighted by Gasteiger charge is 2.25. The van der Waals surface area contributed by atoms with Crippen LogP contribution in [-0.4, -0.2) is 26.5 Å². The quantitative estimate of drug-likeness (QED) is 0.431. The van der Waals surface area contributed by atoms with Crippen LogP contribution < -0.4 is 11.1 Å². The molecule has 8 heteroatoms. The molecule has 7 nitrogen and oxygen atoms in total. The first-order valence-corrected chi connectivity index (χ1v) is 10.3. The fraction of sp³-hybridized carbons (Fsp3) is 0.238. The van der Waals surface area contributed by atoms with E-state index in [1.807, 2.05) is 37.3 Å². The van der Waals surface area contributed by atoms with E-state index in [1.165, 1.54) is 18.7 Å². The van der Waals surface area contributed by atoms with Gasteiger partial charge in [0.1, 0.15) is 6.04 Å². The lowest BCUT2D eigenvalue weighted by atomic mass is 10.1. The van der Waals surface area contributed by atoms with E-state index in [2.05, 4.69) is 15.5 Å². The number of ketones is 1. The molecule has 2 aromatic carbocycles. The highest BCUT2D eigenvalue weighted by Crippen LogP contribution is 2.28. The molecule has 3 rings (SSSR count). The van der Waals surface area contributed by atoms with E-state index in [0.717, 1.165) is 5.56 Å². The predicted octanol–water partition coefficient (Wildman–Crippen LogP) is 3.95. The number of anilines is 2. The number of carbonyl (C=O) groups is 2. The second-order valence-electron chi connectivity index (χ2n) is 6.54. The number of rotatable bonds is 8. The highest BCUT2D eigenvalue weighted by molar-refractivity contribution is 7.98. The van der Waals surface area contributed by atoms with Crippen molar-refractivity contribution >= 4 is 35.1 Å². The van der Waals surface area contributed by atoms with Crippen LogP contribution in [0.15, 0.2) is 59.8 Å². The molecule has 0 aliphatic rings. The van der Waals surface area contributed by atoms with Crippen molar-refractivity contribution in [1.29, 1.82) is 0 Å². The van der Waals surface area contributed by atoms with Gasteiger partial charge in [0.05, 0.1) is 0 Å². The third-order valence-electron chi connectivity index (χ3n) is 4.44. The highest BCUT2D eigenvalue weighted by atomic mass is 32.2. The Balaban J connectivity index is 1.78. The summed E-state index contributed by atoms with van der Waals surface area (Å²) >= 11 is 1.48. The van der Waals surface area contributed by atoms with E-state index in [0.29, 0.717) is 28.6 Å². The summed E-state index contributed by atoms with van der Waals surface area (Å²) in [7, 11) is 0. The summed E-state index contributed by atoms with van der Waals surface area (Å²) < 4.78 is 1.66. The summed E-state index contributed by atoms with van der Waals surface area (Å²) in [6, 6.07) is 16.3. The van der Waals surface area contributed by atoms with Gasteiger partial charge in [-0.3, -0.25) is 14.2 Å². The smallest absolute Gasteiger partial charge is 0.247 e. The maximum atomic E-state index is 13.0. The van der Waals surface area contributed by atoms with E-state index in [9.17, 15) is 9.59 Å². The molecule has 0 bridgehead atoms. The number of Topliss-reactive ketones (excluding diaryl/α,β-unsaturated/α-hetero) is 1. The van der Waals surface area contributed by atoms with E-state index in [-0.39, 0.29) is 17.6 Å². The van der Waals surface area contributed by atoms with Crippen molar-refractivity contribution in [2.24, 2.45) is 0 Å². The molecule has 0 fully saturated rings. The Kier molecular flexibility index (Phi) is 6.66. The zero-order valence-corrected chi connectivity index (χ0v) is 17.1. The third-order valence-corrected chi connectivity index (χ3v) is 5.45. The topological polar surface area (TPSA) is 103 Å². The number of nitrogens with one attached hydrogen (secondary N) is 1. The standard InChI is InChI=1S/C21H23N5O2S/c1-3-18(19(28)23-17-11-7-10-16(12-17)14(2)27)26-20(22)24-25-21(26)29-13-15-8-5-4-6-9-15/h4-12,18H,3,13H2,1-2H3,(H2,22,24)(H,23,28). The fourth-order valence-corrected chi connectivity index (χ4v) is 3.88. The lowest BCUT2D eigenvalue weighted by Gasteiger charge is -2.19. The van der Waals surface area contributed by atoms with Crippen LogP contribution in [0.2, 0.25) is 0 Å². The Morgan fingerprint density at radius 1 is 1.14 bits per heavy atom. The Morgan fingerprint density at radius 2 is 1.90 bits per heavy atom. The van der Waals surface area contributed by atoms with Crippen molar-refractivity contribution in [2.45, 2.75) is 37.2 Å². The number of nitrogen functional groups attached to an aromatic ring is 1. The summed E-state index contributed by atoms with van der Waals surface area (Å²) in [4.78, 5) is 24.6. The van der Waals surface area contributed by atoms with Crippen LogP contribution >= 0.6 is 11.8 Å². The fourth-order valence-electron chi connectivity index (χ4n) is 2.93. The largest absolute Gasteiger partial charge is 0.368 e. The second-order valence-corrected chi connectivity index (χ2v) is 7.48. The summed E-state index contributed by atoms with van der Waals surface area (Å²) in [5.41, 5.74) is 8.28. The zero-order chi connectivity index (χ0) is 20.8. The first-order valence-electron chi connectivity index (χ1n) is 9.28. The average Bonchev–Trinajstić information content (AvgIpc) is 3.08. The minimum Gasteiger partial charge on any atom is -0.368 e. The van der Waals surface area contributed by atoms with Gasteiger partial charge in [0.15, 0.2) is 10.9 Å². The van der Waals surface area contributed by atoms with Crippen molar-refractivity contribution < 1.29 is 9.59 Å². The Labute approximate surface area is 173 Å². The summed E-state index contributed by atoms with van der Waals surface area (Å²) in [6.45, 7) is 3.39. The van der Waals surface area contributed by atoms with Gasteiger partial charge in [0.25, 0.3) is 0 Å². The lowest BCUT2D eigenvalue weighted by Crippen LogP contribution is -2.27. The molecule has 0 aliphatic carbocycles. The number of thioether (sulfide) groups is 1. The molecule has 3 N–H and O–H groups in total. The molecule has 0 saturated carbocycles. The molecule has 1 unspecified atom stereocenters. The number of hydrogen-bond donors (Lipinski definition) is 2. The van der Waals surface area contributed by atoms with Gasteiger partial charge >= 0.3 is 0 Å². The van der Waals surface area contributed by atoms with Gasteiger partial charge in [0.2, 0.25) is 11.9 Å². The van der Waals surface area contributed by atoms with Crippen LogP contribution in [0.5, 0.6) is 0 Å². The molecule has 1 amide bonds. The normalized spacial score (nSPS) is 11.8. The SMILES string of the molecule is CCC(C(=O)Nc1cccc(C(C)=O)c1)n1c(N)nnc1SCc1ccccc1. The van der Waals surface area contributed by atoms with E-state index in [1.54, 1.807) is 28.8 Å². The number of hydrogen-bond acceptors (Lipinski definition) is 6. The molecule has 0 radical (unpaired) electrons. The van der Waals surface area contributed by atoms with Crippen molar-refractivity contribution in [1.82, 2.24) is 14.8 Å². The van der Waals surface area contributed by atoms with Crippen molar-refractivity contribution in [3.8, 4) is 0 Å². The summed E-state index contributed by atoms with van der Waals surface area (Å²) in [5, 5.41) is 11.6. The zero-order valence-electron chi connectivity index (χ0n) is 16.3. The Bertz CT molecular complexity index is 1000. The number of amides is 1. The monoisotopic (exact) mass is 409 g/mol. The Hall–Kier alpha value is -3.13. The first-order chi connectivity index (χ1) is 14.0. The van der Waals surface area contributed by atoms with Crippen LogP contribution in [-0.2, 0) is 10.5 Å². The van der Waals surface area contributed by atoms with Crippen LogP contribution in [0.25, 0.3) is 0 Å². The van der Waals surface area contributed by atoms with E-state index < -0.39 is 6.04 Å². The van der Waals surface area contributed by atoms with E-state index >= 15 is 0 Å². The van der Waals surface area contributed by atoms with Crippen LogP contribution in [0.3, 0.4) is 0 Å². The molecular weight excluding hydrogens is 386 g/mol. The third kappa shape index (κ3) is 5.03. The molecule has 1 atom stereocenters. The van der Waals surface area contributed by atoms with Gasteiger partial charge in [-0.25, -0.2) is 0 Å². The molecule has 29 heavy (non-hydrogen) atoms. The number of nitrogens with two attached hydrogens (primary N) is 1. The summed E-state index contributed by atoms with van der Waals surface area (Å²) in [5.74, 6) is 0.592. The summed E-state index contributed by atoms with van der Waals surface area (Å²) in [6.07, 6.45) is 0.513. The van der Waals surface area contributed by atoms with Crippen LogP contribution in [0, 0.1) is 0 Å². The van der Waals surface area contributed by atoms with Gasteiger partial charge in [-0.05, 0) is 31.0 Å². The number of benzene rings is 2. The molecule has 1 heterocycles. The molecular formula is C21H23N5O2S. The number of carbonyl (C=O) groups excluding carboxylic acids is 2. The molecule has 150 valence electrons. The van der Waals surface area contributed by atoms with Crippen molar-refractivity contribution in [3.05, 3.63) is 65.7 Å². The lowest BCUT2D eigenvalue weighted by molar-refractivity contribution is -0.119. The Morgan fingerprint density at radius 3 is 2.59 bits per heavy atom. The minimum atomic E-state index is -0.566. The average molecular weight is 410 g/mol. The van der Waals surface area contributed by atoms with Gasteiger partial charge in [-0.1, -0.05) is 61.2 Å². The van der Waals surface area contributed by atoms with Gasteiger partial charge < -0.3 is 11.1 Å². The second kappa shape index (κ2) is 9.38. The van der Waals surface area contributed by atoms with Crippen molar-refractivity contribution in [3.63, 3.8) is 0 Å². The van der Waals surface area contributed by atoms with Gasteiger partial charge in [-0.15, -0.1) is 10.2 Å². The molecule has 0 spiro atoms. The first kappa shape index (κ1) is 20.6. The molecule has 3 aromatic rings. The minimum absolute atomic E-state index is 0.0595. The predicted molar refractivity (Wildman–Crippen MR) is 115 cm³/mol. The molecule has 0 aliphatic heterocycles. The maximum Gasteiger partial charge on any atom is 0.247 e. The van der Waals surface area contributed by atoms with Gasteiger partial charge in [-0.2, -0.15) is 0 Å². The van der Waals surface area contributed by atoms with Crippen LogP contribution in [0.1, 0.15) is 42.2 Å². The van der Waals surface area contributed by atoms with Crippen molar-refractivity contribution in [2.75, 3.05) is 11.1 Å². The number of aromatic nitrogens is 3. The number of nitrogens with zero attached hydrogens (tertiary/aromatic N) is 3. The van der Waals surface area contributed by atoms with Gasteiger partial charge in [0, 0.05) is 17.0 Å². The molecule has 1 aromatic heterocycles.